The lowest BCUT2D eigenvalue weighted by Crippen LogP contribution is -2.09. The molecule has 0 radical (unpaired) electrons. The van der Waals surface area contributed by atoms with Gasteiger partial charge in [0.05, 0.1) is 6.10 Å². The minimum Gasteiger partial charge on any atom is -0.388 e. The first-order valence-corrected chi connectivity index (χ1v) is 5.42. The molecule has 0 heterocycles. The molecule has 1 atom stereocenters. The lowest BCUT2D eigenvalue weighted by Gasteiger charge is -2.21. The molecule has 0 aliphatic heterocycles. The molecule has 0 aliphatic rings. The van der Waals surface area contributed by atoms with Crippen molar-refractivity contribution in [3.05, 3.63) is 48.6 Å². The molecule has 1 nitrogen and oxygen atoms in total. The van der Waals surface area contributed by atoms with Crippen LogP contribution in [0.15, 0.2) is 43.0 Å². The number of aliphatic hydroxyl groups is 1. The zero-order chi connectivity index (χ0) is 11.3. The van der Waals surface area contributed by atoms with Crippen molar-refractivity contribution in [3.8, 4) is 0 Å². The van der Waals surface area contributed by atoms with Gasteiger partial charge in [-0.3, -0.25) is 0 Å². The first-order chi connectivity index (χ1) is 7.05. The third-order valence-electron chi connectivity index (χ3n) is 2.80. The fourth-order valence-electron chi connectivity index (χ4n) is 1.45. The maximum absolute atomic E-state index is 9.95. The number of benzene rings is 1. The molecule has 0 saturated heterocycles. The topological polar surface area (TPSA) is 20.2 Å². The van der Waals surface area contributed by atoms with Gasteiger partial charge in [0.1, 0.15) is 0 Å². The van der Waals surface area contributed by atoms with E-state index in [4.69, 9.17) is 0 Å². The Morgan fingerprint density at radius 2 is 1.93 bits per heavy atom. The Morgan fingerprint density at radius 3 is 2.47 bits per heavy atom. The molecule has 0 fully saturated rings. The average Bonchev–Trinajstić information content (AvgIpc) is 2.27. The number of hydrogen-bond acceptors (Lipinski definition) is 1. The molecule has 0 aromatic heterocycles. The van der Waals surface area contributed by atoms with Gasteiger partial charge >= 0.3 is 0 Å². The highest BCUT2D eigenvalue weighted by Gasteiger charge is 2.16. The summed E-state index contributed by atoms with van der Waals surface area (Å²) in [5, 5.41) is 9.95. The van der Waals surface area contributed by atoms with E-state index in [1.54, 1.807) is 0 Å². The summed E-state index contributed by atoms with van der Waals surface area (Å²) < 4.78 is 0. The van der Waals surface area contributed by atoms with E-state index in [1.165, 1.54) is 0 Å². The lowest BCUT2D eigenvalue weighted by atomic mass is 9.86. The van der Waals surface area contributed by atoms with Crippen LogP contribution in [0, 0.1) is 5.41 Å². The fraction of sp³-hybridized carbons (Fsp3) is 0.429. The highest BCUT2D eigenvalue weighted by molar-refractivity contribution is 5.17. The average molecular weight is 204 g/mol. The number of allylic oxidation sites excluding steroid dienone is 1. The fourth-order valence-corrected chi connectivity index (χ4v) is 1.45. The Bertz CT molecular complexity index is 300. The Morgan fingerprint density at radius 1 is 1.33 bits per heavy atom. The van der Waals surface area contributed by atoms with Crippen molar-refractivity contribution in [2.24, 2.45) is 5.41 Å². The number of rotatable bonds is 5. The van der Waals surface area contributed by atoms with Crippen LogP contribution < -0.4 is 0 Å². The molecule has 0 aliphatic carbocycles. The molecule has 1 aromatic carbocycles. The van der Waals surface area contributed by atoms with E-state index in [1.807, 2.05) is 36.4 Å². The smallest absolute Gasteiger partial charge is 0.0790 e. The van der Waals surface area contributed by atoms with Gasteiger partial charge in [0, 0.05) is 0 Å². The molecular weight excluding hydrogens is 184 g/mol. The van der Waals surface area contributed by atoms with Crippen molar-refractivity contribution in [2.45, 2.75) is 32.8 Å². The molecule has 0 amide bonds. The first-order valence-electron chi connectivity index (χ1n) is 5.42. The van der Waals surface area contributed by atoms with Crippen LogP contribution in [-0.2, 0) is 0 Å². The molecule has 15 heavy (non-hydrogen) atoms. The third-order valence-corrected chi connectivity index (χ3v) is 2.80. The van der Waals surface area contributed by atoms with Crippen molar-refractivity contribution >= 4 is 0 Å². The SMILES string of the molecule is C=CC(C)(C)CC[C@@H](O)c1ccccc1. The van der Waals surface area contributed by atoms with E-state index in [-0.39, 0.29) is 11.5 Å². The molecule has 82 valence electrons. The molecule has 1 aromatic rings. The van der Waals surface area contributed by atoms with Crippen LogP contribution in [-0.4, -0.2) is 5.11 Å². The number of aliphatic hydroxyl groups excluding tert-OH is 1. The van der Waals surface area contributed by atoms with E-state index in [9.17, 15) is 5.11 Å². The molecule has 0 unspecified atom stereocenters. The van der Waals surface area contributed by atoms with E-state index < -0.39 is 0 Å². The van der Waals surface area contributed by atoms with Crippen LogP contribution >= 0.6 is 0 Å². The maximum atomic E-state index is 9.95. The quantitative estimate of drug-likeness (QED) is 0.725. The van der Waals surface area contributed by atoms with Crippen LogP contribution in [0.4, 0.5) is 0 Å². The largest absolute Gasteiger partial charge is 0.388 e. The van der Waals surface area contributed by atoms with E-state index in [2.05, 4.69) is 20.4 Å². The second-order valence-electron chi connectivity index (χ2n) is 4.66. The summed E-state index contributed by atoms with van der Waals surface area (Å²) in [5.41, 5.74) is 1.10. The van der Waals surface area contributed by atoms with E-state index in [0.29, 0.717) is 0 Å². The van der Waals surface area contributed by atoms with E-state index >= 15 is 0 Å². The van der Waals surface area contributed by atoms with Gasteiger partial charge in [-0.15, -0.1) is 6.58 Å². The normalized spacial score (nSPS) is 13.5. The molecular formula is C14H20O. The van der Waals surface area contributed by atoms with Crippen LogP contribution in [0.5, 0.6) is 0 Å². The molecule has 0 saturated carbocycles. The monoisotopic (exact) mass is 204 g/mol. The lowest BCUT2D eigenvalue weighted by molar-refractivity contribution is 0.152. The summed E-state index contributed by atoms with van der Waals surface area (Å²) in [7, 11) is 0. The van der Waals surface area contributed by atoms with Crippen LogP contribution in [0.1, 0.15) is 38.4 Å². The van der Waals surface area contributed by atoms with Gasteiger partial charge in [-0.2, -0.15) is 0 Å². The molecule has 0 bridgehead atoms. The summed E-state index contributed by atoms with van der Waals surface area (Å²) in [4.78, 5) is 0. The minimum atomic E-state index is -0.356. The van der Waals surface area contributed by atoms with Gasteiger partial charge in [-0.1, -0.05) is 50.3 Å². The van der Waals surface area contributed by atoms with E-state index in [0.717, 1.165) is 18.4 Å². The van der Waals surface area contributed by atoms with Gasteiger partial charge in [-0.25, -0.2) is 0 Å². The summed E-state index contributed by atoms with van der Waals surface area (Å²) in [6.07, 6.45) is 3.32. The predicted octanol–water partition coefficient (Wildman–Crippen LogP) is 3.71. The summed E-state index contributed by atoms with van der Waals surface area (Å²) in [5.74, 6) is 0. The third kappa shape index (κ3) is 3.88. The first kappa shape index (κ1) is 12.0. The van der Waals surface area contributed by atoms with Gasteiger partial charge in [0.15, 0.2) is 0 Å². The van der Waals surface area contributed by atoms with Crippen molar-refractivity contribution in [1.29, 1.82) is 0 Å². The van der Waals surface area contributed by atoms with Gasteiger partial charge < -0.3 is 5.11 Å². The number of hydrogen-bond donors (Lipinski definition) is 1. The second-order valence-corrected chi connectivity index (χ2v) is 4.66. The van der Waals surface area contributed by atoms with Crippen LogP contribution in [0.2, 0.25) is 0 Å². The summed E-state index contributed by atoms with van der Waals surface area (Å²) in [6.45, 7) is 8.07. The Balaban J connectivity index is 2.50. The highest BCUT2D eigenvalue weighted by atomic mass is 16.3. The molecule has 1 heteroatoms. The zero-order valence-electron chi connectivity index (χ0n) is 9.61. The van der Waals surface area contributed by atoms with Crippen molar-refractivity contribution in [2.75, 3.05) is 0 Å². The Labute approximate surface area is 92.5 Å². The maximum Gasteiger partial charge on any atom is 0.0790 e. The standard InChI is InChI=1S/C14H20O/c1-4-14(2,3)11-10-13(15)12-8-6-5-7-9-12/h4-9,13,15H,1,10-11H2,2-3H3/t13-/m1/s1. The van der Waals surface area contributed by atoms with Gasteiger partial charge in [0.25, 0.3) is 0 Å². The Kier molecular flexibility index (Phi) is 4.10. The minimum absolute atomic E-state index is 0.107. The summed E-state index contributed by atoms with van der Waals surface area (Å²) in [6, 6.07) is 9.80. The van der Waals surface area contributed by atoms with Crippen molar-refractivity contribution < 1.29 is 5.11 Å². The Hall–Kier alpha value is -1.08. The second kappa shape index (κ2) is 5.13. The predicted molar refractivity (Wildman–Crippen MR) is 64.6 cm³/mol. The zero-order valence-corrected chi connectivity index (χ0v) is 9.61. The molecule has 1 rings (SSSR count). The van der Waals surface area contributed by atoms with Crippen molar-refractivity contribution in [1.82, 2.24) is 0 Å². The molecule has 1 N–H and O–H groups in total. The van der Waals surface area contributed by atoms with Gasteiger partial charge in [0.2, 0.25) is 0 Å². The van der Waals surface area contributed by atoms with Crippen LogP contribution in [0.3, 0.4) is 0 Å². The highest BCUT2D eigenvalue weighted by Crippen LogP contribution is 2.28. The molecule has 0 spiro atoms. The van der Waals surface area contributed by atoms with Crippen molar-refractivity contribution in [3.63, 3.8) is 0 Å². The van der Waals surface area contributed by atoms with Crippen LogP contribution in [0.25, 0.3) is 0 Å². The summed E-state index contributed by atoms with van der Waals surface area (Å²) >= 11 is 0. The van der Waals surface area contributed by atoms with Gasteiger partial charge in [-0.05, 0) is 23.8 Å².